The van der Waals surface area contributed by atoms with Crippen LogP contribution in [-0.4, -0.2) is 26.7 Å². The summed E-state index contributed by atoms with van der Waals surface area (Å²) in [5, 5.41) is 6.41. The molecule has 2 aromatic heterocycles. The van der Waals surface area contributed by atoms with Gasteiger partial charge in [-0.25, -0.2) is 4.39 Å². The van der Waals surface area contributed by atoms with Gasteiger partial charge in [-0.1, -0.05) is 12.1 Å². The number of pyridine rings is 1. The van der Waals surface area contributed by atoms with E-state index in [1.807, 2.05) is 31.7 Å². The Kier molecular flexibility index (Phi) is 6.26. The van der Waals surface area contributed by atoms with Gasteiger partial charge in [-0.3, -0.25) is 14.5 Å². The number of ketones is 1. The molecule has 0 bridgehead atoms. The van der Waals surface area contributed by atoms with Crippen molar-refractivity contribution >= 4 is 16.6 Å². The monoisotopic (exact) mass is 407 g/mol. The summed E-state index contributed by atoms with van der Waals surface area (Å²) in [6, 6.07) is 8.32. The smallest absolute Gasteiger partial charge is 0.141 e. The molecule has 1 atom stereocenters. The number of hydrogen-bond donors (Lipinski definition) is 0. The largest absolute Gasteiger partial charge is 0.299 e. The van der Waals surface area contributed by atoms with Crippen molar-refractivity contribution in [1.82, 2.24) is 14.8 Å². The first-order valence-electron chi connectivity index (χ1n) is 11.0. The van der Waals surface area contributed by atoms with E-state index in [0.717, 1.165) is 59.7 Å². The van der Waals surface area contributed by atoms with E-state index in [4.69, 9.17) is 0 Å². The number of fused-ring (bicyclic) bond motifs is 1. The average Bonchev–Trinajstić information content (AvgIpc) is 3.18. The SMILES string of the molecule is CC(F)CCC1CCC(C(=O)Cc2cc3cc(-c4cnn(C)c4)ccc3cn2)CC1. The molecule has 30 heavy (non-hydrogen) atoms. The van der Waals surface area contributed by atoms with Crippen molar-refractivity contribution in [3.8, 4) is 11.1 Å². The fourth-order valence-electron chi connectivity index (χ4n) is 4.59. The van der Waals surface area contributed by atoms with Gasteiger partial charge in [0.1, 0.15) is 5.78 Å². The molecule has 0 saturated heterocycles. The van der Waals surface area contributed by atoms with Crippen LogP contribution in [0.15, 0.2) is 42.9 Å². The maximum absolute atomic E-state index is 13.1. The molecular formula is C25H30FN3O. The third-order valence-electron chi connectivity index (χ3n) is 6.45. The Morgan fingerprint density at radius 1 is 1.13 bits per heavy atom. The predicted octanol–water partition coefficient (Wildman–Crippen LogP) is 5.69. The van der Waals surface area contributed by atoms with Crippen LogP contribution in [0.1, 0.15) is 51.1 Å². The summed E-state index contributed by atoms with van der Waals surface area (Å²) in [5.74, 6) is 1.00. The van der Waals surface area contributed by atoms with Crippen LogP contribution in [0.2, 0.25) is 0 Å². The zero-order valence-electron chi connectivity index (χ0n) is 17.9. The molecule has 2 heterocycles. The molecule has 1 fully saturated rings. The van der Waals surface area contributed by atoms with E-state index in [2.05, 4.69) is 28.3 Å². The van der Waals surface area contributed by atoms with Crippen LogP contribution < -0.4 is 0 Å². The summed E-state index contributed by atoms with van der Waals surface area (Å²) in [4.78, 5) is 17.4. The van der Waals surface area contributed by atoms with E-state index < -0.39 is 6.17 Å². The quantitative estimate of drug-likeness (QED) is 0.505. The fourth-order valence-corrected chi connectivity index (χ4v) is 4.59. The van der Waals surface area contributed by atoms with Crippen LogP contribution in [0.5, 0.6) is 0 Å². The fraction of sp³-hybridized carbons (Fsp3) is 0.480. The number of aryl methyl sites for hydroxylation is 1. The van der Waals surface area contributed by atoms with E-state index in [1.165, 1.54) is 0 Å². The minimum absolute atomic E-state index is 0.128. The lowest BCUT2D eigenvalue weighted by Gasteiger charge is -2.27. The third kappa shape index (κ3) is 4.94. The van der Waals surface area contributed by atoms with Crippen molar-refractivity contribution in [3.63, 3.8) is 0 Å². The first kappa shape index (κ1) is 20.7. The van der Waals surface area contributed by atoms with Crippen molar-refractivity contribution in [2.45, 2.75) is 58.0 Å². The maximum atomic E-state index is 13.1. The molecule has 0 aliphatic heterocycles. The molecule has 3 aromatic rings. The molecule has 1 aromatic carbocycles. The van der Waals surface area contributed by atoms with Crippen molar-refractivity contribution in [2.24, 2.45) is 18.9 Å². The highest BCUT2D eigenvalue weighted by Gasteiger charge is 2.26. The van der Waals surface area contributed by atoms with Gasteiger partial charge in [0.25, 0.3) is 0 Å². The topological polar surface area (TPSA) is 47.8 Å². The lowest BCUT2D eigenvalue weighted by molar-refractivity contribution is -0.123. The van der Waals surface area contributed by atoms with E-state index in [9.17, 15) is 9.18 Å². The highest BCUT2D eigenvalue weighted by molar-refractivity contribution is 5.88. The average molecular weight is 408 g/mol. The number of halogens is 1. The molecule has 0 spiro atoms. The number of alkyl halides is 1. The molecule has 1 unspecified atom stereocenters. The second-order valence-corrected chi connectivity index (χ2v) is 8.86. The second kappa shape index (κ2) is 9.07. The Bertz CT molecular complexity index is 1020. The van der Waals surface area contributed by atoms with Gasteiger partial charge in [0, 0.05) is 48.4 Å². The number of rotatable bonds is 7. The molecular weight excluding hydrogens is 377 g/mol. The molecule has 0 amide bonds. The summed E-state index contributed by atoms with van der Waals surface area (Å²) in [6.07, 6.45) is 10.9. The number of carbonyl (C=O) groups excluding carboxylic acids is 1. The molecule has 0 N–H and O–H groups in total. The van der Waals surface area contributed by atoms with Crippen LogP contribution in [-0.2, 0) is 18.3 Å². The van der Waals surface area contributed by atoms with E-state index >= 15 is 0 Å². The number of Topliss-reactive ketones (excluding diaryl/α,β-unsaturated/α-hetero) is 1. The minimum Gasteiger partial charge on any atom is -0.299 e. The van der Waals surface area contributed by atoms with Gasteiger partial charge in [0.05, 0.1) is 12.4 Å². The predicted molar refractivity (Wildman–Crippen MR) is 118 cm³/mol. The van der Waals surface area contributed by atoms with Gasteiger partial charge in [-0.05, 0) is 74.4 Å². The highest BCUT2D eigenvalue weighted by atomic mass is 19.1. The summed E-state index contributed by atoms with van der Waals surface area (Å²) in [7, 11) is 1.91. The Balaban J connectivity index is 1.40. The standard InChI is InChI=1S/C25H30FN3O/c1-17(26)3-4-18-5-7-19(8-6-18)25(30)13-24-12-22-11-20(9-10-21(22)14-27-24)23-15-28-29(2)16-23/h9-12,14-19H,3-8,13H2,1-2H3. The molecule has 4 nitrogen and oxygen atoms in total. The highest BCUT2D eigenvalue weighted by Crippen LogP contribution is 2.33. The maximum Gasteiger partial charge on any atom is 0.141 e. The molecule has 1 aliphatic carbocycles. The van der Waals surface area contributed by atoms with Crippen LogP contribution in [0.4, 0.5) is 4.39 Å². The van der Waals surface area contributed by atoms with Gasteiger partial charge in [0.2, 0.25) is 0 Å². The van der Waals surface area contributed by atoms with Crippen molar-refractivity contribution in [1.29, 1.82) is 0 Å². The molecule has 158 valence electrons. The van der Waals surface area contributed by atoms with Gasteiger partial charge in [-0.2, -0.15) is 5.10 Å². The summed E-state index contributed by atoms with van der Waals surface area (Å²) in [5.41, 5.74) is 3.02. The summed E-state index contributed by atoms with van der Waals surface area (Å²) < 4.78 is 14.9. The molecule has 0 radical (unpaired) electrons. The van der Waals surface area contributed by atoms with E-state index in [-0.39, 0.29) is 5.92 Å². The van der Waals surface area contributed by atoms with Crippen molar-refractivity contribution < 1.29 is 9.18 Å². The Morgan fingerprint density at radius 2 is 1.93 bits per heavy atom. The molecule has 5 heteroatoms. The normalized spacial score (nSPS) is 20.4. The van der Waals surface area contributed by atoms with Crippen LogP contribution in [0.25, 0.3) is 21.9 Å². The first-order chi connectivity index (χ1) is 14.5. The van der Waals surface area contributed by atoms with Crippen molar-refractivity contribution in [3.05, 3.63) is 48.5 Å². The molecule has 1 aliphatic rings. The van der Waals surface area contributed by atoms with E-state index in [1.54, 1.807) is 11.6 Å². The zero-order chi connectivity index (χ0) is 21.1. The Hall–Kier alpha value is -2.56. The number of hydrogen-bond acceptors (Lipinski definition) is 3. The van der Waals surface area contributed by atoms with E-state index in [0.29, 0.717) is 24.5 Å². The van der Waals surface area contributed by atoms with Crippen LogP contribution >= 0.6 is 0 Å². The van der Waals surface area contributed by atoms with Crippen molar-refractivity contribution in [2.75, 3.05) is 0 Å². The van der Waals surface area contributed by atoms with Crippen LogP contribution in [0.3, 0.4) is 0 Å². The van der Waals surface area contributed by atoms with Crippen LogP contribution in [0, 0.1) is 11.8 Å². The zero-order valence-corrected chi connectivity index (χ0v) is 17.9. The van der Waals surface area contributed by atoms with Gasteiger partial charge in [-0.15, -0.1) is 0 Å². The third-order valence-corrected chi connectivity index (χ3v) is 6.45. The summed E-state index contributed by atoms with van der Waals surface area (Å²) in [6.45, 7) is 1.63. The van der Waals surface area contributed by atoms with Gasteiger partial charge < -0.3 is 0 Å². The molecule has 4 rings (SSSR count). The number of benzene rings is 1. The van der Waals surface area contributed by atoms with Gasteiger partial charge in [0.15, 0.2) is 0 Å². The second-order valence-electron chi connectivity index (χ2n) is 8.86. The first-order valence-corrected chi connectivity index (χ1v) is 11.0. The lowest BCUT2D eigenvalue weighted by atomic mass is 9.77. The lowest BCUT2D eigenvalue weighted by Crippen LogP contribution is -2.23. The van der Waals surface area contributed by atoms with Gasteiger partial charge >= 0.3 is 0 Å². The Labute approximate surface area is 177 Å². The summed E-state index contributed by atoms with van der Waals surface area (Å²) >= 11 is 0. The number of nitrogens with zero attached hydrogens (tertiary/aromatic N) is 3. The minimum atomic E-state index is -0.720. The molecule has 1 saturated carbocycles. The number of carbonyl (C=O) groups is 1. The number of aromatic nitrogens is 3. The Morgan fingerprint density at radius 3 is 2.63 bits per heavy atom.